The van der Waals surface area contributed by atoms with Gasteiger partial charge in [-0.15, -0.1) is 11.3 Å². The Balaban J connectivity index is 1.52. The minimum Gasteiger partial charge on any atom is -0.368 e. The zero-order chi connectivity index (χ0) is 21.3. The molecule has 0 bridgehead atoms. The van der Waals surface area contributed by atoms with Crippen LogP contribution in [0, 0.1) is 20.8 Å². The number of anilines is 3. The fraction of sp³-hybridized carbons (Fsp3) is 0.400. The Morgan fingerprint density at radius 1 is 1.17 bits per heavy atom. The van der Waals surface area contributed by atoms with Gasteiger partial charge >= 0.3 is 0 Å². The first-order valence-corrected chi connectivity index (χ1v) is 11.4. The van der Waals surface area contributed by atoms with Gasteiger partial charge in [-0.05, 0) is 32.9 Å². The Labute approximate surface area is 183 Å². The van der Waals surface area contributed by atoms with Crippen LogP contribution in [0.1, 0.15) is 38.6 Å². The van der Waals surface area contributed by atoms with Crippen molar-refractivity contribution in [3.05, 3.63) is 45.2 Å². The molecule has 4 heterocycles. The summed E-state index contributed by atoms with van der Waals surface area (Å²) in [6, 6.07) is 3.95. The van der Waals surface area contributed by atoms with E-state index < -0.39 is 0 Å². The average molecular weight is 445 g/mol. The molecule has 0 aromatic carbocycles. The van der Waals surface area contributed by atoms with E-state index in [4.69, 9.17) is 4.74 Å². The molecule has 4 rings (SSSR count). The maximum Gasteiger partial charge on any atom is 0.266 e. The highest BCUT2D eigenvalue weighted by Gasteiger charge is 2.29. The monoisotopic (exact) mass is 444 g/mol. The van der Waals surface area contributed by atoms with E-state index in [-0.39, 0.29) is 12.0 Å². The maximum atomic E-state index is 13.1. The first kappa shape index (κ1) is 20.7. The van der Waals surface area contributed by atoms with Gasteiger partial charge in [0, 0.05) is 30.4 Å². The van der Waals surface area contributed by atoms with E-state index in [2.05, 4.69) is 25.6 Å². The van der Waals surface area contributed by atoms with E-state index in [0.717, 1.165) is 38.7 Å². The number of hydrogen-bond donors (Lipinski definition) is 2. The van der Waals surface area contributed by atoms with Gasteiger partial charge in [0.25, 0.3) is 5.91 Å². The lowest BCUT2D eigenvalue weighted by Gasteiger charge is -2.32. The summed E-state index contributed by atoms with van der Waals surface area (Å²) in [7, 11) is 1.80. The molecule has 8 nitrogen and oxygen atoms in total. The second-order valence-corrected chi connectivity index (χ2v) is 8.99. The molecule has 1 atom stereocenters. The van der Waals surface area contributed by atoms with Gasteiger partial charge in [0.2, 0.25) is 0 Å². The number of nitrogens with zero attached hydrogens (tertiary/aromatic N) is 4. The van der Waals surface area contributed by atoms with Crippen LogP contribution in [0.4, 0.5) is 16.0 Å². The van der Waals surface area contributed by atoms with Gasteiger partial charge in [-0.1, -0.05) is 11.3 Å². The molecule has 0 spiro atoms. The van der Waals surface area contributed by atoms with Crippen LogP contribution in [0.15, 0.2) is 17.5 Å². The molecule has 0 aliphatic carbocycles. The summed E-state index contributed by atoms with van der Waals surface area (Å²) < 4.78 is 5.98. The fourth-order valence-corrected chi connectivity index (χ4v) is 4.92. The second-order valence-electron chi connectivity index (χ2n) is 7.14. The molecule has 158 valence electrons. The van der Waals surface area contributed by atoms with Crippen molar-refractivity contribution in [2.75, 3.05) is 37.4 Å². The molecule has 3 aromatic heterocycles. The number of nitrogens with one attached hydrogen (secondary N) is 2. The number of carbonyl (C=O) groups is 1. The maximum absolute atomic E-state index is 13.1. The topological polar surface area (TPSA) is 92.3 Å². The van der Waals surface area contributed by atoms with Crippen LogP contribution < -0.4 is 10.6 Å². The van der Waals surface area contributed by atoms with Crippen LogP contribution in [-0.4, -0.2) is 52.5 Å². The normalized spacial score (nSPS) is 16.5. The highest BCUT2D eigenvalue weighted by molar-refractivity contribution is 7.17. The SMILES string of the molecule is CNc1nc(C)c(C(=O)N2CCO[C@H](c3cc(Nc4nc(C)cs4)cc(C)n3)C2)s1. The van der Waals surface area contributed by atoms with Crippen molar-refractivity contribution < 1.29 is 9.53 Å². The molecule has 1 fully saturated rings. The van der Waals surface area contributed by atoms with Crippen molar-refractivity contribution in [1.29, 1.82) is 0 Å². The minimum atomic E-state index is -0.279. The van der Waals surface area contributed by atoms with Crippen LogP contribution in [0.3, 0.4) is 0 Å². The molecule has 2 N–H and O–H groups in total. The van der Waals surface area contributed by atoms with Crippen LogP contribution >= 0.6 is 22.7 Å². The first-order chi connectivity index (χ1) is 14.4. The van der Waals surface area contributed by atoms with Gasteiger partial charge in [0.15, 0.2) is 10.3 Å². The van der Waals surface area contributed by atoms with Crippen LogP contribution in [0.2, 0.25) is 0 Å². The second kappa shape index (κ2) is 8.66. The van der Waals surface area contributed by atoms with Gasteiger partial charge in [-0.2, -0.15) is 0 Å². The zero-order valence-electron chi connectivity index (χ0n) is 17.4. The van der Waals surface area contributed by atoms with E-state index in [0.29, 0.717) is 24.6 Å². The van der Waals surface area contributed by atoms with E-state index in [9.17, 15) is 4.79 Å². The lowest BCUT2D eigenvalue weighted by molar-refractivity contribution is -0.0246. The van der Waals surface area contributed by atoms with E-state index in [1.165, 1.54) is 11.3 Å². The van der Waals surface area contributed by atoms with Gasteiger partial charge < -0.3 is 20.3 Å². The predicted octanol–water partition coefficient (Wildman–Crippen LogP) is 3.92. The number of ether oxygens (including phenoxy) is 1. The minimum absolute atomic E-state index is 0.0101. The fourth-order valence-electron chi connectivity index (χ4n) is 3.32. The summed E-state index contributed by atoms with van der Waals surface area (Å²) in [5.74, 6) is -0.0101. The van der Waals surface area contributed by atoms with Crippen molar-refractivity contribution >= 4 is 44.5 Å². The first-order valence-electron chi connectivity index (χ1n) is 9.66. The van der Waals surface area contributed by atoms with Gasteiger partial charge in [-0.25, -0.2) is 9.97 Å². The highest BCUT2D eigenvalue weighted by Crippen LogP contribution is 2.29. The van der Waals surface area contributed by atoms with Crippen molar-refractivity contribution in [3.63, 3.8) is 0 Å². The Morgan fingerprint density at radius 3 is 2.70 bits per heavy atom. The Morgan fingerprint density at radius 2 is 2.00 bits per heavy atom. The molecule has 3 aromatic rings. The molecule has 30 heavy (non-hydrogen) atoms. The molecule has 0 unspecified atom stereocenters. The Bertz CT molecular complexity index is 1060. The van der Waals surface area contributed by atoms with Gasteiger partial charge in [-0.3, -0.25) is 9.78 Å². The number of aryl methyl sites for hydroxylation is 3. The van der Waals surface area contributed by atoms with E-state index >= 15 is 0 Å². The summed E-state index contributed by atoms with van der Waals surface area (Å²) in [5.41, 5.74) is 4.33. The van der Waals surface area contributed by atoms with Crippen molar-refractivity contribution in [2.45, 2.75) is 26.9 Å². The van der Waals surface area contributed by atoms with Crippen LogP contribution in [0.5, 0.6) is 0 Å². The zero-order valence-corrected chi connectivity index (χ0v) is 19.0. The van der Waals surface area contributed by atoms with Gasteiger partial charge in [0.1, 0.15) is 11.0 Å². The summed E-state index contributed by atoms with van der Waals surface area (Å²) in [6.07, 6.45) is -0.279. The summed E-state index contributed by atoms with van der Waals surface area (Å²) in [6.45, 7) is 7.26. The molecule has 0 saturated carbocycles. The smallest absolute Gasteiger partial charge is 0.266 e. The quantitative estimate of drug-likeness (QED) is 0.616. The Hall–Kier alpha value is -2.56. The molecule has 1 aliphatic rings. The van der Waals surface area contributed by atoms with Crippen molar-refractivity contribution in [1.82, 2.24) is 19.9 Å². The third-order valence-electron chi connectivity index (χ3n) is 4.73. The highest BCUT2D eigenvalue weighted by atomic mass is 32.1. The van der Waals surface area contributed by atoms with Crippen LogP contribution in [-0.2, 0) is 4.74 Å². The molecule has 0 radical (unpaired) electrons. The lowest BCUT2D eigenvalue weighted by Crippen LogP contribution is -2.42. The standard InChI is InChI=1S/C20H24N6O2S2/c1-11-7-14(25-20-23-12(2)10-29-20)8-15(22-11)16-9-26(5-6-28-16)18(27)17-13(3)24-19(21-4)30-17/h7-8,10,16H,5-6,9H2,1-4H3,(H,21,24)(H,22,23,25)/t16-/m0/s1. The average Bonchev–Trinajstić information content (AvgIpc) is 3.32. The molecular formula is C20H24N6O2S2. The number of morpholine rings is 1. The number of thiazole rings is 2. The summed E-state index contributed by atoms with van der Waals surface area (Å²) in [4.78, 5) is 29.1. The molecule has 1 amide bonds. The molecular weight excluding hydrogens is 420 g/mol. The number of pyridine rings is 1. The van der Waals surface area contributed by atoms with Crippen molar-refractivity contribution in [3.8, 4) is 0 Å². The summed E-state index contributed by atoms with van der Waals surface area (Å²) in [5, 5.41) is 9.93. The number of amides is 1. The predicted molar refractivity (Wildman–Crippen MR) is 120 cm³/mol. The Kier molecular flexibility index (Phi) is 5.98. The van der Waals surface area contributed by atoms with Crippen LogP contribution in [0.25, 0.3) is 0 Å². The van der Waals surface area contributed by atoms with Gasteiger partial charge in [0.05, 0.1) is 30.2 Å². The third-order valence-corrected chi connectivity index (χ3v) is 6.77. The third kappa shape index (κ3) is 4.45. The number of aromatic nitrogens is 3. The largest absolute Gasteiger partial charge is 0.368 e. The van der Waals surface area contributed by atoms with E-state index in [1.54, 1.807) is 18.4 Å². The number of rotatable bonds is 5. The molecule has 1 aliphatic heterocycles. The number of hydrogen-bond acceptors (Lipinski definition) is 9. The number of carbonyl (C=O) groups excluding carboxylic acids is 1. The lowest BCUT2D eigenvalue weighted by atomic mass is 10.1. The summed E-state index contributed by atoms with van der Waals surface area (Å²) >= 11 is 2.94. The van der Waals surface area contributed by atoms with Crippen molar-refractivity contribution in [2.24, 2.45) is 0 Å². The van der Waals surface area contributed by atoms with E-state index in [1.807, 2.05) is 43.2 Å². The molecule has 10 heteroatoms. The molecule has 1 saturated heterocycles.